The Morgan fingerprint density at radius 1 is 1.37 bits per heavy atom. The van der Waals surface area contributed by atoms with Gasteiger partial charge in [0.2, 0.25) is 11.8 Å². The third kappa shape index (κ3) is 4.18. The number of ether oxygens (including phenoxy) is 1. The minimum atomic E-state index is -0.00427. The highest BCUT2D eigenvalue weighted by Crippen LogP contribution is 2.16. The summed E-state index contributed by atoms with van der Waals surface area (Å²) >= 11 is 0. The Morgan fingerprint density at radius 3 is 2.74 bits per heavy atom. The van der Waals surface area contributed by atoms with Gasteiger partial charge in [-0.25, -0.2) is 0 Å². The molecule has 108 valence electrons. The van der Waals surface area contributed by atoms with Crippen molar-refractivity contribution < 1.29 is 14.3 Å². The fourth-order valence-electron chi connectivity index (χ4n) is 2.46. The first kappa shape index (κ1) is 14.3. The van der Waals surface area contributed by atoms with E-state index in [4.69, 9.17) is 4.74 Å². The van der Waals surface area contributed by atoms with Crippen LogP contribution in [0.1, 0.15) is 19.3 Å². The molecule has 1 N–H and O–H groups in total. The Hall–Kier alpha value is -1.14. The van der Waals surface area contributed by atoms with E-state index < -0.39 is 0 Å². The van der Waals surface area contributed by atoms with E-state index in [2.05, 4.69) is 5.32 Å². The van der Waals surface area contributed by atoms with E-state index in [9.17, 15) is 9.59 Å². The van der Waals surface area contributed by atoms with Crippen molar-refractivity contribution in [1.82, 2.24) is 15.1 Å². The summed E-state index contributed by atoms with van der Waals surface area (Å²) < 4.78 is 5.44. The molecule has 1 unspecified atom stereocenters. The standard InChI is InChI=1S/C13H23N3O3/c1-15(12(17)9-11-3-2-8-19-11)10-13(18)16-6-4-14-5-7-16/h11,14H,2-10H2,1H3. The predicted octanol–water partition coefficient (Wildman–Crippen LogP) is -0.554. The van der Waals surface area contributed by atoms with Crippen molar-refractivity contribution in [3.05, 3.63) is 0 Å². The molecule has 0 radical (unpaired) electrons. The molecule has 0 spiro atoms. The lowest BCUT2D eigenvalue weighted by Gasteiger charge is -2.29. The summed E-state index contributed by atoms with van der Waals surface area (Å²) in [5.41, 5.74) is 0. The zero-order chi connectivity index (χ0) is 13.7. The van der Waals surface area contributed by atoms with Crippen molar-refractivity contribution in [2.75, 3.05) is 46.4 Å². The highest BCUT2D eigenvalue weighted by atomic mass is 16.5. The van der Waals surface area contributed by atoms with E-state index in [1.807, 2.05) is 4.90 Å². The normalized spacial score (nSPS) is 23.4. The minimum absolute atomic E-state index is 0.00427. The van der Waals surface area contributed by atoms with E-state index in [0.717, 1.165) is 45.6 Å². The maximum Gasteiger partial charge on any atom is 0.242 e. The van der Waals surface area contributed by atoms with Crippen molar-refractivity contribution in [1.29, 1.82) is 0 Å². The number of hydrogen-bond donors (Lipinski definition) is 1. The van der Waals surface area contributed by atoms with Crippen LogP contribution in [0.4, 0.5) is 0 Å². The molecule has 6 nitrogen and oxygen atoms in total. The lowest BCUT2D eigenvalue weighted by molar-refractivity contribution is -0.140. The second-order valence-corrected chi connectivity index (χ2v) is 5.22. The zero-order valence-electron chi connectivity index (χ0n) is 11.6. The Morgan fingerprint density at radius 2 is 2.11 bits per heavy atom. The van der Waals surface area contributed by atoms with Gasteiger partial charge in [-0.05, 0) is 12.8 Å². The summed E-state index contributed by atoms with van der Waals surface area (Å²) in [6.07, 6.45) is 2.42. The summed E-state index contributed by atoms with van der Waals surface area (Å²) in [5, 5.41) is 3.20. The second kappa shape index (κ2) is 6.86. The van der Waals surface area contributed by atoms with Crippen LogP contribution in [0.3, 0.4) is 0 Å². The molecule has 0 aromatic carbocycles. The van der Waals surface area contributed by atoms with Crippen molar-refractivity contribution in [3.63, 3.8) is 0 Å². The predicted molar refractivity (Wildman–Crippen MR) is 70.7 cm³/mol. The van der Waals surface area contributed by atoms with Gasteiger partial charge in [0.15, 0.2) is 0 Å². The SMILES string of the molecule is CN(CC(=O)N1CCNCC1)C(=O)CC1CCCO1. The number of rotatable bonds is 4. The van der Waals surface area contributed by atoms with Crippen LogP contribution < -0.4 is 5.32 Å². The molecular weight excluding hydrogens is 246 g/mol. The molecule has 1 atom stereocenters. The lowest BCUT2D eigenvalue weighted by atomic mass is 10.1. The summed E-state index contributed by atoms with van der Waals surface area (Å²) in [6.45, 7) is 4.05. The smallest absolute Gasteiger partial charge is 0.242 e. The Bertz CT molecular complexity index is 323. The molecule has 19 heavy (non-hydrogen) atoms. The number of nitrogens with one attached hydrogen (secondary N) is 1. The van der Waals surface area contributed by atoms with Gasteiger partial charge in [-0.2, -0.15) is 0 Å². The minimum Gasteiger partial charge on any atom is -0.378 e. The van der Waals surface area contributed by atoms with Gasteiger partial charge in [0.25, 0.3) is 0 Å². The molecular formula is C13H23N3O3. The Balaban J connectivity index is 1.73. The summed E-state index contributed by atoms with van der Waals surface area (Å²) in [5.74, 6) is 0.0278. The second-order valence-electron chi connectivity index (χ2n) is 5.22. The number of piperazine rings is 1. The monoisotopic (exact) mass is 269 g/mol. The molecule has 2 heterocycles. The topological polar surface area (TPSA) is 61.9 Å². The molecule has 0 saturated carbocycles. The molecule has 2 saturated heterocycles. The highest BCUT2D eigenvalue weighted by Gasteiger charge is 2.24. The molecule has 2 rings (SSSR count). The van der Waals surface area contributed by atoms with Crippen LogP contribution in [-0.2, 0) is 14.3 Å². The van der Waals surface area contributed by atoms with E-state index in [0.29, 0.717) is 6.42 Å². The molecule has 0 bridgehead atoms. The maximum absolute atomic E-state index is 12.0. The quantitative estimate of drug-likeness (QED) is 0.743. The summed E-state index contributed by atoms with van der Waals surface area (Å²) in [7, 11) is 1.69. The van der Waals surface area contributed by atoms with Crippen molar-refractivity contribution in [3.8, 4) is 0 Å². The Labute approximate surface area is 114 Å². The number of hydrogen-bond acceptors (Lipinski definition) is 4. The fourth-order valence-corrected chi connectivity index (χ4v) is 2.46. The van der Waals surface area contributed by atoms with Crippen LogP contribution in [0, 0.1) is 0 Å². The van der Waals surface area contributed by atoms with Gasteiger partial charge in [-0.3, -0.25) is 9.59 Å². The van der Waals surface area contributed by atoms with Crippen molar-refractivity contribution in [2.24, 2.45) is 0 Å². The first-order chi connectivity index (χ1) is 9.16. The molecule has 2 aliphatic rings. The van der Waals surface area contributed by atoms with Gasteiger partial charge >= 0.3 is 0 Å². The zero-order valence-corrected chi connectivity index (χ0v) is 11.6. The lowest BCUT2D eigenvalue weighted by Crippen LogP contribution is -2.50. The summed E-state index contributed by atoms with van der Waals surface area (Å²) in [6, 6.07) is 0. The number of likely N-dealkylation sites (N-methyl/N-ethyl adjacent to an activating group) is 1. The van der Waals surface area contributed by atoms with Gasteiger partial charge in [0.05, 0.1) is 19.1 Å². The van der Waals surface area contributed by atoms with Gasteiger partial charge in [-0.1, -0.05) is 0 Å². The van der Waals surface area contributed by atoms with Crippen LogP contribution in [0.5, 0.6) is 0 Å². The van der Waals surface area contributed by atoms with E-state index in [1.165, 1.54) is 4.90 Å². The average Bonchev–Trinajstić information content (AvgIpc) is 2.92. The number of amides is 2. The third-order valence-corrected chi connectivity index (χ3v) is 3.69. The summed E-state index contributed by atoms with van der Waals surface area (Å²) in [4.78, 5) is 27.3. The molecule has 2 amide bonds. The van der Waals surface area contributed by atoms with E-state index in [1.54, 1.807) is 7.05 Å². The van der Waals surface area contributed by atoms with Gasteiger partial charge in [0.1, 0.15) is 0 Å². The Kier molecular flexibility index (Phi) is 5.15. The first-order valence-electron chi connectivity index (χ1n) is 7.01. The fraction of sp³-hybridized carbons (Fsp3) is 0.846. The molecule has 6 heteroatoms. The average molecular weight is 269 g/mol. The van der Waals surface area contributed by atoms with Crippen LogP contribution in [0.15, 0.2) is 0 Å². The van der Waals surface area contributed by atoms with Crippen molar-refractivity contribution >= 4 is 11.8 Å². The van der Waals surface area contributed by atoms with Gasteiger partial charge in [-0.15, -0.1) is 0 Å². The maximum atomic E-state index is 12.0. The largest absolute Gasteiger partial charge is 0.378 e. The molecule has 0 aromatic rings. The van der Waals surface area contributed by atoms with Crippen molar-refractivity contribution in [2.45, 2.75) is 25.4 Å². The van der Waals surface area contributed by atoms with Crippen LogP contribution in [-0.4, -0.2) is 74.1 Å². The van der Waals surface area contributed by atoms with Crippen LogP contribution in [0.2, 0.25) is 0 Å². The third-order valence-electron chi connectivity index (χ3n) is 3.69. The van der Waals surface area contributed by atoms with E-state index >= 15 is 0 Å². The highest BCUT2D eigenvalue weighted by molar-refractivity contribution is 5.84. The van der Waals surface area contributed by atoms with Gasteiger partial charge in [0, 0.05) is 39.8 Å². The number of carbonyl (C=O) groups excluding carboxylic acids is 2. The molecule has 0 aromatic heterocycles. The molecule has 2 fully saturated rings. The number of nitrogens with zero attached hydrogens (tertiary/aromatic N) is 2. The number of carbonyl (C=O) groups is 2. The van der Waals surface area contributed by atoms with Crippen LogP contribution in [0.25, 0.3) is 0 Å². The molecule has 0 aliphatic carbocycles. The van der Waals surface area contributed by atoms with Crippen LogP contribution >= 0.6 is 0 Å². The van der Waals surface area contributed by atoms with E-state index in [-0.39, 0.29) is 24.5 Å². The van der Waals surface area contributed by atoms with Gasteiger partial charge < -0.3 is 19.9 Å². The molecule has 2 aliphatic heterocycles. The first-order valence-corrected chi connectivity index (χ1v) is 7.01.